The number of fused-ring (bicyclic) bond motifs is 3. The van der Waals surface area contributed by atoms with Gasteiger partial charge in [-0.15, -0.1) is 6.58 Å². The summed E-state index contributed by atoms with van der Waals surface area (Å²) in [5, 5.41) is 6.87. The van der Waals surface area contributed by atoms with Gasteiger partial charge in [0.05, 0.1) is 18.4 Å². The van der Waals surface area contributed by atoms with Crippen LogP contribution in [0.15, 0.2) is 66.3 Å². The number of benzene rings is 2. The van der Waals surface area contributed by atoms with Crippen molar-refractivity contribution >= 4 is 33.5 Å². The van der Waals surface area contributed by atoms with Crippen molar-refractivity contribution < 1.29 is 32.5 Å². The van der Waals surface area contributed by atoms with E-state index in [4.69, 9.17) is 9.68 Å². The second-order valence-corrected chi connectivity index (χ2v) is 17.3. The van der Waals surface area contributed by atoms with Crippen molar-refractivity contribution in [1.29, 1.82) is 0 Å². The van der Waals surface area contributed by atoms with E-state index in [2.05, 4.69) is 27.3 Å². The smallest absolute Gasteiger partial charge is 0.259 e. The summed E-state index contributed by atoms with van der Waals surface area (Å²) in [4.78, 5) is 55.7. The SMILES string of the molecule is C=C[C@@H]1C[C@@]1(NC(=O)[C@@H]1C[C@@H](ON=C2c3ccccc3-c3ccccc32)CN1C(=O)[C@H](NOCC1CCCCC1)C(C)C)C(=O)NS(=O)(=O)C1CC1. The highest BCUT2D eigenvalue weighted by molar-refractivity contribution is 7.91. The van der Waals surface area contributed by atoms with Gasteiger partial charge in [-0.05, 0) is 55.1 Å². The van der Waals surface area contributed by atoms with Crippen LogP contribution in [0.25, 0.3) is 11.1 Å². The van der Waals surface area contributed by atoms with E-state index in [0.29, 0.717) is 31.1 Å². The Morgan fingerprint density at radius 2 is 1.62 bits per heavy atom. The van der Waals surface area contributed by atoms with Crippen molar-refractivity contribution in [2.24, 2.45) is 22.9 Å². The van der Waals surface area contributed by atoms with Crippen LogP contribution in [0.5, 0.6) is 0 Å². The number of nitrogens with one attached hydrogen (secondary N) is 3. The van der Waals surface area contributed by atoms with Crippen molar-refractivity contribution in [3.8, 4) is 11.1 Å². The molecule has 2 aromatic carbocycles. The van der Waals surface area contributed by atoms with E-state index in [1.165, 1.54) is 24.2 Å². The maximum absolute atomic E-state index is 14.4. The van der Waals surface area contributed by atoms with E-state index in [0.717, 1.165) is 35.1 Å². The van der Waals surface area contributed by atoms with E-state index < -0.39 is 56.7 Å². The number of rotatable bonds is 14. The minimum absolute atomic E-state index is 0.0741. The monoisotopic (exact) mass is 731 g/mol. The predicted octanol–water partition coefficient (Wildman–Crippen LogP) is 4.20. The first kappa shape index (κ1) is 36.3. The lowest BCUT2D eigenvalue weighted by atomic mass is 9.90. The third kappa shape index (κ3) is 7.27. The average molecular weight is 732 g/mol. The minimum atomic E-state index is -3.85. The van der Waals surface area contributed by atoms with Crippen LogP contribution in [0.1, 0.15) is 82.8 Å². The van der Waals surface area contributed by atoms with Gasteiger partial charge < -0.3 is 19.9 Å². The highest BCUT2D eigenvalue weighted by Crippen LogP contribution is 2.45. The van der Waals surface area contributed by atoms with E-state index in [1.807, 2.05) is 62.4 Å². The number of oxime groups is 1. The van der Waals surface area contributed by atoms with E-state index in [-0.39, 0.29) is 31.2 Å². The summed E-state index contributed by atoms with van der Waals surface area (Å²) in [7, 11) is -3.85. The normalized spacial score (nSPS) is 25.9. The molecule has 52 heavy (non-hydrogen) atoms. The van der Waals surface area contributed by atoms with Crippen LogP contribution < -0.4 is 15.5 Å². The Labute approximate surface area is 305 Å². The second kappa shape index (κ2) is 14.7. The van der Waals surface area contributed by atoms with Gasteiger partial charge in [0.1, 0.15) is 29.4 Å². The summed E-state index contributed by atoms with van der Waals surface area (Å²) in [6, 6.07) is 14.1. The number of likely N-dealkylation sites (tertiary alicyclic amines) is 1. The Morgan fingerprint density at radius 1 is 0.981 bits per heavy atom. The van der Waals surface area contributed by atoms with Crippen LogP contribution in [0.2, 0.25) is 0 Å². The second-order valence-electron chi connectivity index (χ2n) is 15.3. The van der Waals surface area contributed by atoms with Crippen LogP contribution in [-0.2, 0) is 34.1 Å². The number of carbonyl (C=O) groups is 3. The molecule has 1 saturated heterocycles. The Bertz CT molecular complexity index is 1810. The van der Waals surface area contributed by atoms with Crippen molar-refractivity contribution in [3.05, 3.63) is 72.3 Å². The number of nitrogens with zero attached hydrogens (tertiary/aromatic N) is 2. The molecular formula is C39H49N5O7S. The van der Waals surface area contributed by atoms with E-state index >= 15 is 0 Å². The average Bonchev–Trinajstić information content (AvgIpc) is 4.05. The fraction of sp³-hybridized carbons (Fsp3) is 0.538. The molecule has 3 amide bonds. The summed E-state index contributed by atoms with van der Waals surface area (Å²) in [5.74, 6) is -1.90. The highest BCUT2D eigenvalue weighted by atomic mass is 32.2. The fourth-order valence-corrected chi connectivity index (χ4v) is 9.23. The van der Waals surface area contributed by atoms with Gasteiger partial charge in [0, 0.05) is 23.5 Å². The molecule has 7 rings (SSSR count). The van der Waals surface area contributed by atoms with Gasteiger partial charge in [0.15, 0.2) is 0 Å². The molecule has 0 aromatic heterocycles. The molecule has 1 aliphatic heterocycles. The Kier molecular flexibility index (Phi) is 10.3. The molecule has 278 valence electrons. The van der Waals surface area contributed by atoms with Crippen LogP contribution >= 0.6 is 0 Å². The van der Waals surface area contributed by atoms with Gasteiger partial charge in [-0.2, -0.15) is 5.48 Å². The summed E-state index contributed by atoms with van der Waals surface area (Å²) >= 11 is 0. The molecule has 12 nitrogen and oxygen atoms in total. The molecule has 0 unspecified atom stereocenters. The van der Waals surface area contributed by atoms with Gasteiger partial charge in [-0.1, -0.05) is 92.9 Å². The lowest BCUT2D eigenvalue weighted by molar-refractivity contribution is -0.146. The fourth-order valence-electron chi connectivity index (χ4n) is 7.86. The largest absolute Gasteiger partial charge is 0.390 e. The van der Waals surface area contributed by atoms with Gasteiger partial charge in [0.25, 0.3) is 5.91 Å². The quantitative estimate of drug-likeness (QED) is 0.165. The topological polar surface area (TPSA) is 156 Å². The summed E-state index contributed by atoms with van der Waals surface area (Å²) < 4.78 is 27.6. The van der Waals surface area contributed by atoms with Crippen LogP contribution in [-0.4, -0.2) is 78.9 Å². The zero-order valence-corrected chi connectivity index (χ0v) is 30.7. The lowest BCUT2D eigenvalue weighted by Crippen LogP contribution is -2.58. The first-order chi connectivity index (χ1) is 25.0. The Morgan fingerprint density at radius 3 is 2.19 bits per heavy atom. The molecule has 13 heteroatoms. The van der Waals surface area contributed by atoms with Gasteiger partial charge in [-0.25, -0.2) is 8.42 Å². The predicted molar refractivity (Wildman–Crippen MR) is 196 cm³/mol. The van der Waals surface area contributed by atoms with Gasteiger partial charge >= 0.3 is 0 Å². The molecule has 0 spiro atoms. The Balaban J connectivity index is 1.12. The number of sulfonamides is 1. The van der Waals surface area contributed by atoms with E-state index in [1.54, 1.807) is 6.08 Å². The molecule has 4 aliphatic carbocycles. The summed E-state index contributed by atoms with van der Waals surface area (Å²) in [5.41, 5.74) is 6.17. The Hall–Kier alpha value is -4.07. The number of hydroxylamine groups is 1. The molecular weight excluding hydrogens is 683 g/mol. The third-order valence-electron chi connectivity index (χ3n) is 11.2. The van der Waals surface area contributed by atoms with Gasteiger partial charge in [0.2, 0.25) is 21.8 Å². The van der Waals surface area contributed by atoms with Crippen molar-refractivity contribution in [1.82, 2.24) is 20.4 Å². The number of carbonyl (C=O) groups excluding carboxylic acids is 3. The molecule has 5 atom stereocenters. The molecule has 1 heterocycles. The van der Waals surface area contributed by atoms with Crippen molar-refractivity contribution in [3.63, 3.8) is 0 Å². The summed E-state index contributed by atoms with van der Waals surface area (Å²) in [6.07, 6.45) is 7.96. The number of amides is 3. The maximum atomic E-state index is 14.4. The molecule has 3 N–H and O–H groups in total. The molecule has 2 aromatic rings. The first-order valence-electron chi connectivity index (χ1n) is 18.6. The first-order valence-corrected chi connectivity index (χ1v) is 20.2. The lowest BCUT2D eigenvalue weighted by Gasteiger charge is -2.31. The number of hydrogen-bond acceptors (Lipinski definition) is 9. The van der Waals surface area contributed by atoms with Crippen LogP contribution in [0.3, 0.4) is 0 Å². The van der Waals surface area contributed by atoms with Crippen LogP contribution in [0.4, 0.5) is 0 Å². The summed E-state index contributed by atoms with van der Waals surface area (Å²) in [6.45, 7) is 8.20. The molecule has 5 aliphatic rings. The standard InChI is InChI=1S/C39H49N5O7S/c1-4-26-21-39(26,38(47)43-52(48,49)28-18-19-28)40-36(45)33-20-27(51-42-35-31-16-10-8-14-29(31)30-15-9-11-17-32(30)35)22-44(33)37(46)34(24(2)3)41-50-23-25-12-6-5-7-13-25/h4,8-11,14-17,24-28,33-34,41H,1,5-7,12-13,18-23H2,2-3H3,(H,40,45)(H,43,47)/t26-,27-,33+,34-,39+/m1/s1. The zero-order chi connectivity index (χ0) is 36.6. The van der Waals surface area contributed by atoms with Crippen molar-refractivity contribution in [2.75, 3.05) is 13.2 Å². The van der Waals surface area contributed by atoms with Gasteiger partial charge in [-0.3, -0.25) is 19.1 Å². The van der Waals surface area contributed by atoms with Crippen LogP contribution in [0, 0.1) is 17.8 Å². The minimum Gasteiger partial charge on any atom is -0.390 e. The number of hydrogen-bond donors (Lipinski definition) is 3. The maximum Gasteiger partial charge on any atom is 0.259 e. The molecule has 0 bridgehead atoms. The highest BCUT2D eigenvalue weighted by Gasteiger charge is 2.62. The third-order valence-corrected chi connectivity index (χ3v) is 13.1. The molecule has 3 saturated carbocycles. The van der Waals surface area contributed by atoms with E-state index in [9.17, 15) is 22.8 Å². The molecule has 4 fully saturated rings. The molecule has 0 radical (unpaired) electrons. The van der Waals surface area contributed by atoms with Crippen molar-refractivity contribution in [2.45, 2.75) is 101 Å². The zero-order valence-electron chi connectivity index (χ0n) is 29.9.